The van der Waals surface area contributed by atoms with Gasteiger partial charge in [0.25, 0.3) is 0 Å². The predicted molar refractivity (Wildman–Crippen MR) is 379 cm³/mol. The molecule has 12 N–H and O–H groups in total. The van der Waals surface area contributed by atoms with Crippen molar-refractivity contribution in [3.05, 3.63) is 60.8 Å². The molecule has 0 aliphatic carbocycles. The summed E-state index contributed by atoms with van der Waals surface area (Å²) >= 11 is 0. The van der Waals surface area contributed by atoms with Gasteiger partial charge >= 0.3 is 0 Å². The highest BCUT2D eigenvalue weighted by atomic mass is 16.8. The van der Waals surface area contributed by atoms with Crippen LogP contribution in [-0.2, 0) is 33.2 Å². The lowest BCUT2D eigenvalue weighted by molar-refractivity contribution is -0.379. The molecule has 0 aromatic rings. The predicted octanol–water partition coefficient (Wildman–Crippen LogP) is 11.9. The zero-order valence-electron chi connectivity index (χ0n) is 59.6. The van der Waals surface area contributed by atoms with Gasteiger partial charge in [0, 0.05) is 6.42 Å². The van der Waals surface area contributed by atoms with Gasteiger partial charge in [-0.15, -0.1) is 0 Å². The Bertz CT molecular complexity index is 1970. The molecule has 19 heteroatoms. The first-order valence-electron chi connectivity index (χ1n) is 38.5. The summed E-state index contributed by atoms with van der Waals surface area (Å²) in [6.45, 7) is 1.70. The van der Waals surface area contributed by atoms with Crippen molar-refractivity contribution in [3.63, 3.8) is 0 Å². The van der Waals surface area contributed by atoms with E-state index in [1.807, 2.05) is 0 Å². The van der Waals surface area contributed by atoms with E-state index in [1.165, 1.54) is 180 Å². The van der Waals surface area contributed by atoms with E-state index < -0.39 is 124 Å². The molecule has 0 aromatic carbocycles. The molecule has 96 heavy (non-hydrogen) atoms. The van der Waals surface area contributed by atoms with Gasteiger partial charge in [-0.1, -0.05) is 286 Å². The molecule has 3 aliphatic heterocycles. The number of carbonyl (C=O) groups excluding carboxylic acids is 1. The fraction of sp³-hybridized carbons (Fsp3) is 0.857. The van der Waals surface area contributed by atoms with E-state index in [0.29, 0.717) is 12.8 Å². The van der Waals surface area contributed by atoms with Crippen LogP contribution in [0.15, 0.2) is 60.8 Å². The molecule has 0 aromatic heterocycles. The average Bonchev–Trinajstić information content (AvgIpc) is 0.787. The number of hydrogen-bond acceptors (Lipinski definition) is 18. The minimum atomic E-state index is -1.97. The maximum absolute atomic E-state index is 13.4. The normalized spacial score (nSPS) is 27.4. The molecular formula is C77H139NO18. The van der Waals surface area contributed by atoms with Crippen molar-refractivity contribution in [3.8, 4) is 0 Å². The summed E-state index contributed by atoms with van der Waals surface area (Å²) < 4.78 is 34.4. The Hall–Kier alpha value is -2.51. The Morgan fingerprint density at radius 3 is 1.12 bits per heavy atom. The van der Waals surface area contributed by atoms with Crippen molar-refractivity contribution >= 4 is 5.91 Å². The van der Waals surface area contributed by atoms with Gasteiger partial charge in [-0.25, -0.2) is 0 Å². The third kappa shape index (κ3) is 38.5. The third-order valence-corrected chi connectivity index (χ3v) is 19.1. The molecule has 3 saturated heterocycles. The summed E-state index contributed by atoms with van der Waals surface area (Å²) in [7, 11) is 0. The molecule has 560 valence electrons. The molecule has 1 amide bonds. The number of allylic oxidation sites excluding steroid dienone is 10. The zero-order valence-corrected chi connectivity index (χ0v) is 59.6. The van der Waals surface area contributed by atoms with Gasteiger partial charge in [-0.05, 0) is 57.8 Å². The van der Waals surface area contributed by atoms with Crippen LogP contribution in [0.3, 0.4) is 0 Å². The van der Waals surface area contributed by atoms with Crippen LogP contribution in [-0.4, -0.2) is 193 Å². The zero-order chi connectivity index (χ0) is 69.6. The van der Waals surface area contributed by atoms with Crippen LogP contribution in [0.4, 0.5) is 0 Å². The second kappa shape index (κ2) is 58.0. The highest BCUT2D eigenvalue weighted by molar-refractivity contribution is 5.76. The Morgan fingerprint density at radius 2 is 0.719 bits per heavy atom. The minimum absolute atomic E-state index is 0.240. The summed E-state index contributed by atoms with van der Waals surface area (Å²) in [6, 6.07) is -0.887. The molecule has 0 saturated carbocycles. The Balaban J connectivity index is 1.30. The van der Waals surface area contributed by atoms with E-state index in [0.717, 1.165) is 77.0 Å². The molecule has 0 spiro atoms. The van der Waals surface area contributed by atoms with E-state index in [-0.39, 0.29) is 18.9 Å². The minimum Gasteiger partial charge on any atom is -0.394 e. The molecule has 0 bridgehead atoms. The van der Waals surface area contributed by atoms with E-state index in [2.05, 4.69) is 79.9 Å². The van der Waals surface area contributed by atoms with E-state index in [4.69, 9.17) is 28.4 Å². The van der Waals surface area contributed by atoms with Gasteiger partial charge in [0.05, 0.1) is 38.6 Å². The summed E-state index contributed by atoms with van der Waals surface area (Å²) in [5.74, 6) is -0.240. The number of carbonyl (C=O) groups is 1. The lowest BCUT2D eigenvalue weighted by atomic mass is 9.96. The average molecular weight is 1370 g/mol. The first-order valence-corrected chi connectivity index (χ1v) is 38.5. The highest BCUT2D eigenvalue weighted by Crippen LogP contribution is 2.33. The number of amides is 1. The molecular weight excluding hydrogens is 1230 g/mol. The van der Waals surface area contributed by atoms with Crippen LogP contribution in [0.2, 0.25) is 0 Å². The second-order valence-corrected chi connectivity index (χ2v) is 27.4. The molecule has 0 radical (unpaired) electrons. The first-order chi connectivity index (χ1) is 46.8. The van der Waals surface area contributed by atoms with Crippen LogP contribution >= 0.6 is 0 Å². The Labute approximate surface area is 579 Å². The quantitative estimate of drug-likeness (QED) is 0.0199. The summed E-state index contributed by atoms with van der Waals surface area (Å²) in [6.07, 6.45) is 46.1. The van der Waals surface area contributed by atoms with Crippen LogP contribution in [0.1, 0.15) is 290 Å². The van der Waals surface area contributed by atoms with E-state index >= 15 is 0 Å². The fourth-order valence-electron chi connectivity index (χ4n) is 12.9. The van der Waals surface area contributed by atoms with Gasteiger partial charge in [0.1, 0.15) is 73.2 Å². The van der Waals surface area contributed by atoms with Gasteiger partial charge in [-0.2, -0.15) is 0 Å². The molecule has 3 aliphatic rings. The number of ether oxygens (including phenoxy) is 6. The maximum Gasteiger partial charge on any atom is 0.220 e. The summed E-state index contributed by atoms with van der Waals surface area (Å²) in [4.78, 5) is 13.4. The molecule has 3 fully saturated rings. The van der Waals surface area contributed by atoms with Gasteiger partial charge < -0.3 is 89.9 Å². The van der Waals surface area contributed by atoms with Crippen molar-refractivity contribution in [1.29, 1.82) is 0 Å². The molecule has 3 heterocycles. The monoisotopic (exact) mass is 1370 g/mol. The summed E-state index contributed by atoms with van der Waals surface area (Å²) in [5.41, 5.74) is 0. The summed E-state index contributed by atoms with van der Waals surface area (Å²) in [5, 5.41) is 121. The van der Waals surface area contributed by atoms with Crippen LogP contribution in [0.25, 0.3) is 0 Å². The number of unbranched alkanes of at least 4 members (excludes halogenated alkanes) is 34. The fourth-order valence-corrected chi connectivity index (χ4v) is 12.9. The first kappa shape index (κ1) is 87.7. The van der Waals surface area contributed by atoms with E-state index in [1.54, 1.807) is 0 Å². The maximum atomic E-state index is 13.4. The van der Waals surface area contributed by atoms with Crippen molar-refractivity contribution in [2.75, 3.05) is 26.4 Å². The molecule has 3 rings (SSSR count). The van der Waals surface area contributed by atoms with Crippen LogP contribution < -0.4 is 5.32 Å². The second-order valence-electron chi connectivity index (χ2n) is 27.4. The van der Waals surface area contributed by atoms with Gasteiger partial charge in [-0.3, -0.25) is 4.79 Å². The van der Waals surface area contributed by atoms with Crippen molar-refractivity contribution in [1.82, 2.24) is 5.32 Å². The number of rotatable bonds is 60. The largest absolute Gasteiger partial charge is 0.394 e. The SMILES string of the molecule is CC/C=C\C/C=C\C/C=C\C/C=C\C/C=C\CCCCCCCCCCCCCCCCCCCCCCCC(=O)NC(COC1OC(CO)C(OC2OC(CO)C(OC3OC(CO)C(O)C(O)C3O)C(O)C2O)C(O)C1O)C(O)CCCCCCCCCCCCCCCC. The molecule has 19 nitrogen and oxygen atoms in total. The standard InChI is InChI=1S/C77H139NO18/c1-3-5-7-9-11-13-15-17-19-20-21-22-23-24-25-26-27-28-29-30-31-32-33-34-35-36-37-38-39-40-41-43-45-47-49-51-53-55-65(83)78-60(61(82)54-52-50-48-46-44-42-18-16-14-12-10-8-6-4-2)59-91-75-71(89)68(86)73(63(57-80)93-75)96-77-72(90)69(87)74(64(58-81)94-77)95-76-70(88)67(85)66(84)62(56-79)92-76/h5,7,11,13,17,19,21-22,24-25,60-64,66-77,79-82,84-90H,3-4,6,8-10,12,14-16,18,20,23,26-59H2,1-2H3,(H,78,83)/b7-5-,13-11-,19-17-,22-21-,25-24-. The molecule has 17 atom stereocenters. The smallest absolute Gasteiger partial charge is 0.220 e. The van der Waals surface area contributed by atoms with Gasteiger partial charge in [0.15, 0.2) is 18.9 Å². The Morgan fingerprint density at radius 1 is 0.385 bits per heavy atom. The highest BCUT2D eigenvalue weighted by Gasteiger charge is 2.53. The Kier molecular flexibility index (Phi) is 53.0. The molecule has 17 unspecified atom stereocenters. The van der Waals surface area contributed by atoms with Crippen molar-refractivity contribution < 1.29 is 89.4 Å². The third-order valence-electron chi connectivity index (χ3n) is 19.1. The number of aliphatic hydroxyl groups excluding tert-OH is 11. The topological polar surface area (TPSA) is 307 Å². The number of nitrogens with one attached hydrogen (secondary N) is 1. The number of aliphatic hydroxyl groups is 11. The lowest BCUT2D eigenvalue weighted by Crippen LogP contribution is -2.66. The lowest BCUT2D eigenvalue weighted by Gasteiger charge is -2.48. The van der Waals surface area contributed by atoms with Crippen molar-refractivity contribution in [2.24, 2.45) is 0 Å². The van der Waals surface area contributed by atoms with E-state index in [9.17, 15) is 61.0 Å². The van der Waals surface area contributed by atoms with Crippen LogP contribution in [0.5, 0.6) is 0 Å². The van der Waals surface area contributed by atoms with Crippen molar-refractivity contribution in [2.45, 2.75) is 394 Å². The van der Waals surface area contributed by atoms with Gasteiger partial charge in [0.2, 0.25) is 5.91 Å². The number of hydrogen-bond donors (Lipinski definition) is 12. The van der Waals surface area contributed by atoms with Crippen LogP contribution in [0, 0.1) is 0 Å².